The average molecular weight is 459 g/mol. The zero-order valence-electron chi connectivity index (χ0n) is 18.5. The van der Waals surface area contributed by atoms with Crippen molar-refractivity contribution >= 4 is 35.0 Å². The number of rotatable bonds is 10. The highest BCUT2D eigenvalue weighted by molar-refractivity contribution is 6.65. The van der Waals surface area contributed by atoms with Crippen LogP contribution in [0.2, 0.25) is 0 Å². The fourth-order valence-electron chi connectivity index (χ4n) is 2.83. The molecule has 0 saturated carbocycles. The molecule has 0 radical (unpaired) electrons. The lowest BCUT2D eigenvalue weighted by Crippen LogP contribution is -2.35. The Morgan fingerprint density at radius 1 is 1.06 bits per heavy atom. The minimum Gasteiger partial charge on any atom is -0.493 e. The number of allylic oxidation sites excluding steroid dienone is 3. The van der Waals surface area contributed by atoms with E-state index in [9.17, 15) is 19.2 Å². The van der Waals surface area contributed by atoms with E-state index in [4.69, 9.17) is 9.84 Å². The summed E-state index contributed by atoms with van der Waals surface area (Å²) in [7, 11) is 2.37. The Hall–Kier alpha value is -3.99. The van der Waals surface area contributed by atoms with Gasteiger partial charge >= 0.3 is 11.9 Å². The largest absolute Gasteiger partial charge is 0.493 e. The molecule has 3 N–H and O–H groups in total. The molecule has 0 fully saturated rings. The number of ether oxygens (including phenoxy) is 3. The van der Waals surface area contributed by atoms with Gasteiger partial charge in [0.05, 0.1) is 43.3 Å². The fraction of sp³-hybridized carbons (Fsp3) is 0.318. The molecule has 176 valence electrons. The molecule has 0 atom stereocenters. The number of ketones is 1. The van der Waals surface area contributed by atoms with Crippen LogP contribution in [0, 0.1) is 0 Å². The van der Waals surface area contributed by atoms with Gasteiger partial charge in [-0.3, -0.25) is 15.0 Å². The lowest BCUT2D eigenvalue weighted by atomic mass is 10.1. The predicted molar refractivity (Wildman–Crippen MR) is 117 cm³/mol. The number of nitrogens with zero attached hydrogens (tertiary/aromatic N) is 1. The van der Waals surface area contributed by atoms with Gasteiger partial charge in [-0.1, -0.05) is 6.08 Å². The van der Waals surface area contributed by atoms with E-state index in [1.165, 1.54) is 39.3 Å². The summed E-state index contributed by atoms with van der Waals surface area (Å²) in [6.07, 6.45) is 4.70. The summed E-state index contributed by atoms with van der Waals surface area (Å²) in [5.74, 6) is -2.36. The molecule has 33 heavy (non-hydrogen) atoms. The van der Waals surface area contributed by atoms with E-state index in [1.54, 1.807) is 6.08 Å². The third kappa shape index (κ3) is 7.01. The van der Waals surface area contributed by atoms with E-state index < -0.39 is 29.3 Å². The number of hydrogen-bond donors (Lipinski definition) is 3. The molecule has 11 nitrogen and oxygen atoms in total. The lowest BCUT2D eigenvalue weighted by Gasteiger charge is -2.17. The Morgan fingerprint density at radius 3 is 2.24 bits per heavy atom. The smallest absolute Gasteiger partial charge is 0.337 e. The number of carbonyl (C=O) groups excluding carboxylic acids is 4. The molecule has 1 aliphatic carbocycles. The molecular weight excluding hydrogens is 434 g/mol. The summed E-state index contributed by atoms with van der Waals surface area (Å²) in [5, 5.41) is 15.4. The van der Waals surface area contributed by atoms with Gasteiger partial charge in [-0.05, 0) is 30.7 Å². The molecule has 0 aliphatic heterocycles. The van der Waals surface area contributed by atoms with E-state index in [-0.39, 0.29) is 30.0 Å². The van der Waals surface area contributed by atoms with Crippen LogP contribution in [0.1, 0.15) is 40.5 Å². The predicted octanol–water partition coefficient (Wildman–Crippen LogP) is 1.30. The van der Waals surface area contributed by atoms with Crippen LogP contribution in [0.5, 0.6) is 0 Å². The first-order chi connectivity index (χ1) is 15.8. The molecule has 1 aromatic rings. The number of carbonyl (C=O) groups is 4. The second kappa shape index (κ2) is 12.2. The number of aliphatic hydroxyl groups excluding tert-OH is 1. The number of Topliss-reactive ketones (excluding diaryl/α,β-unsaturated/α-hetero) is 1. The first-order valence-corrected chi connectivity index (χ1v) is 9.91. The maximum absolute atomic E-state index is 12.7. The molecule has 11 heteroatoms. The first kappa shape index (κ1) is 25.3. The molecule has 2 rings (SSSR count). The van der Waals surface area contributed by atoms with Gasteiger partial charge in [-0.25, -0.2) is 9.59 Å². The number of amides is 1. The van der Waals surface area contributed by atoms with Crippen molar-refractivity contribution in [3.05, 3.63) is 52.9 Å². The second-order valence-electron chi connectivity index (χ2n) is 6.71. The normalized spacial score (nSPS) is 13.3. The number of aliphatic hydroxyl groups is 1. The Balaban J connectivity index is 2.31. The van der Waals surface area contributed by atoms with Gasteiger partial charge in [0.25, 0.3) is 5.91 Å². The Morgan fingerprint density at radius 2 is 1.70 bits per heavy atom. The van der Waals surface area contributed by atoms with Gasteiger partial charge in [-0.15, -0.1) is 0 Å². The van der Waals surface area contributed by atoms with Crippen LogP contribution in [0.25, 0.3) is 0 Å². The van der Waals surface area contributed by atoms with E-state index in [2.05, 4.69) is 25.3 Å². The topological polar surface area (TPSA) is 153 Å². The molecule has 0 spiro atoms. The molecule has 0 aromatic heterocycles. The Kier molecular flexibility index (Phi) is 9.30. The van der Waals surface area contributed by atoms with Crippen molar-refractivity contribution in [3.63, 3.8) is 0 Å². The van der Waals surface area contributed by atoms with Gasteiger partial charge < -0.3 is 24.6 Å². The van der Waals surface area contributed by atoms with Crippen LogP contribution >= 0.6 is 0 Å². The van der Waals surface area contributed by atoms with Crippen LogP contribution in [0.4, 0.5) is 5.69 Å². The molecule has 0 bridgehead atoms. The highest BCUT2D eigenvalue weighted by Gasteiger charge is 2.21. The van der Waals surface area contributed by atoms with Crippen LogP contribution in [-0.4, -0.2) is 61.9 Å². The maximum atomic E-state index is 12.7. The summed E-state index contributed by atoms with van der Waals surface area (Å²) in [4.78, 5) is 48.6. The fourth-order valence-corrected chi connectivity index (χ4v) is 2.83. The van der Waals surface area contributed by atoms with Gasteiger partial charge in [0.2, 0.25) is 0 Å². The summed E-state index contributed by atoms with van der Waals surface area (Å²) in [6, 6.07) is 3.95. The quantitative estimate of drug-likeness (QED) is 0.203. The number of benzene rings is 1. The average Bonchev–Trinajstić information content (AvgIpc) is 2.82. The molecule has 0 unspecified atom stereocenters. The Bertz CT molecular complexity index is 992. The number of esters is 2. The molecule has 1 amide bonds. The molecule has 1 aliphatic rings. The zero-order valence-corrected chi connectivity index (χ0v) is 18.5. The number of hydrazone groups is 1. The third-order valence-electron chi connectivity index (χ3n) is 4.36. The third-order valence-corrected chi connectivity index (χ3v) is 4.36. The van der Waals surface area contributed by atoms with Crippen LogP contribution in [-0.2, 0) is 23.8 Å². The van der Waals surface area contributed by atoms with Crippen molar-refractivity contribution in [2.45, 2.75) is 19.8 Å². The van der Waals surface area contributed by atoms with E-state index in [0.29, 0.717) is 24.3 Å². The lowest BCUT2D eigenvalue weighted by molar-refractivity contribution is -0.116. The van der Waals surface area contributed by atoms with Crippen LogP contribution in [0.3, 0.4) is 0 Å². The first-order valence-electron chi connectivity index (χ1n) is 9.91. The minimum atomic E-state index is -0.793. The van der Waals surface area contributed by atoms with Gasteiger partial charge in [0, 0.05) is 13.3 Å². The molecule has 0 heterocycles. The summed E-state index contributed by atoms with van der Waals surface area (Å²) >= 11 is 0. The monoisotopic (exact) mass is 459 g/mol. The molecule has 1 aromatic carbocycles. The van der Waals surface area contributed by atoms with Crippen molar-refractivity contribution in [1.29, 1.82) is 0 Å². The highest BCUT2D eigenvalue weighted by Crippen LogP contribution is 2.19. The van der Waals surface area contributed by atoms with Crippen molar-refractivity contribution in [1.82, 2.24) is 5.32 Å². The van der Waals surface area contributed by atoms with Crippen molar-refractivity contribution < 1.29 is 38.5 Å². The number of methoxy groups -OCH3 is 2. The van der Waals surface area contributed by atoms with Gasteiger partial charge in [0.1, 0.15) is 12.4 Å². The Labute approximate surface area is 190 Å². The maximum Gasteiger partial charge on any atom is 0.337 e. The van der Waals surface area contributed by atoms with E-state index in [1.807, 2.05) is 6.08 Å². The number of hydrogen-bond acceptors (Lipinski definition) is 10. The van der Waals surface area contributed by atoms with Gasteiger partial charge in [0.15, 0.2) is 11.5 Å². The SMILES string of the molecule is COC(=O)c1cc(N/N=C(/C(C)=O)C(=O)NC2=C(OCCO)CCC=C2)cc(C(=O)OC)c1. The highest BCUT2D eigenvalue weighted by atomic mass is 16.5. The van der Waals surface area contributed by atoms with Crippen molar-refractivity contribution in [2.75, 3.05) is 32.9 Å². The van der Waals surface area contributed by atoms with Gasteiger partial charge in [-0.2, -0.15) is 5.10 Å². The van der Waals surface area contributed by atoms with Crippen molar-refractivity contribution in [3.8, 4) is 0 Å². The minimum absolute atomic E-state index is 0.0371. The van der Waals surface area contributed by atoms with Crippen LogP contribution < -0.4 is 10.7 Å². The number of nitrogens with one attached hydrogen (secondary N) is 2. The molecule has 0 saturated heterocycles. The van der Waals surface area contributed by atoms with Crippen molar-refractivity contribution in [2.24, 2.45) is 5.10 Å². The second-order valence-corrected chi connectivity index (χ2v) is 6.71. The zero-order chi connectivity index (χ0) is 24.4. The summed E-state index contributed by atoms with van der Waals surface area (Å²) in [6.45, 7) is 1.05. The van der Waals surface area contributed by atoms with E-state index in [0.717, 1.165) is 0 Å². The standard InChI is InChI=1S/C22H25N3O8/c1-13(27)19(20(28)23-17-6-4-5-7-18(17)33-9-8-26)25-24-16-11-14(21(29)31-2)10-15(12-16)22(30)32-3/h4,6,10-12,24,26H,5,7-9H2,1-3H3,(H,23,28)/b25-19-. The van der Waals surface area contributed by atoms with Crippen LogP contribution in [0.15, 0.2) is 46.9 Å². The molecular formula is C22H25N3O8. The summed E-state index contributed by atoms with van der Waals surface area (Å²) in [5.41, 5.74) is 2.65. The number of anilines is 1. The summed E-state index contributed by atoms with van der Waals surface area (Å²) < 4.78 is 14.8. The van der Waals surface area contributed by atoms with E-state index >= 15 is 0 Å².